The summed E-state index contributed by atoms with van der Waals surface area (Å²) in [7, 11) is 11.2. The number of methoxy groups -OCH3 is 1. The van der Waals surface area contributed by atoms with Crippen LogP contribution in [0.1, 0.15) is 0 Å². The number of ether oxygens (including phenoxy) is 3. The lowest BCUT2D eigenvalue weighted by molar-refractivity contribution is -0.0697. The Morgan fingerprint density at radius 1 is 1.44 bits per heavy atom. The summed E-state index contributed by atoms with van der Waals surface area (Å²) in [6, 6.07) is -0.728. The number of aliphatic hydroxyl groups is 2. The van der Waals surface area contributed by atoms with E-state index in [4.69, 9.17) is 27.2 Å². The summed E-state index contributed by atoms with van der Waals surface area (Å²) < 4.78 is 16.0. The lowest BCUT2D eigenvalue weighted by atomic mass is 9.93. The van der Waals surface area contributed by atoms with Gasteiger partial charge in [-0.3, -0.25) is 0 Å². The molecule has 104 valence electrons. The zero-order valence-electron chi connectivity index (χ0n) is 11.2. The van der Waals surface area contributed by atoms with E-state index >= 15 is 0 Å². The van der Waals surface area contributed by atoms with Gasteiger partial charge in [-0.15, -0.1) is 0 Å². The van der Waals surface area contributed by atoms with Crippen LogP contribution in [0.25, 0.3) is 0 Å². The van der Waals surface area contributed by atoms with Crippen LogP contribution in [0.3, 0.4) is 0 Å². The van der Waals surface area contributed by atoms with Crippen LogP contribution < -0.4 is 0 Å². The molecule has 0 aromatic heterocycles. The van der Waals surface area contributed by atoms with E-state index in [1.807, 2.05) is 19.0 Å². The number of aliphatic hydroxyl groups excluding tert-OH is 2. The van der Waals surface area contributed by atoms with Crippen LogP contribution in [0.2, 0.25) is 0 Å². The second-order valence-corrected chi connectivity index (χ2v) is 4.73. The highest BCUT2D eigenvalue weighted by Gasteiger charge is 2.41. The van der Waals surface area contributed by atoms with Crippen LogP contribution in [-0.4, -0.2) is 94.3 Å². The highest BCUT2D eigenvalue weighted by Crippen LogP contribution is 2.22. The van der Waals surface area contributed by atoms with E-state index < -0.39 is 24.3 Å². The molecule has 18 heavy (non-hydrogen) atoms. The number of likely N-dealkylation sites (N-methyl/N-ethyl adjacent to an activating group) is 1. The van der Waals surface area contributed by atoms with Gasteiger partial charge in [0.2, 0.25) is 0 Å². The van der Waals surface area contributed by atoms with Crippen molar-refractivity contribution in [2.24, 2.45) is 0 Å². The Kier molecular flexibility index (Phi) is 6.55. The molecule has 1 aliphatic rings. The number of rotatable bonds is 7. The molecule has 7 heteroatoms. The first-order valence-electron chi connectivity index (χ1n) is 5.98. The second-order valence-electron chi connectivity index (χ2n) is 4.73. The third-order valence-electron chi connectivity index (χ3n) is 2.93. The molecular weight excluding hydrogens is 237 g/mol. The minimum atomic E-state index is -0.915. The number of hydrogen-bond acceptors (Lipinski definition) is 6. The first kappa shape index (κ1) is 15.9. The van der Waals surface area contributed by atoms with Crippen molar-refractivity contribution < 1.29 is 24.4 Å². The zero-order valence-corrected chi connectivity index (χ0v) is 11.2. The van der Waals surface area contributed by atoms with Crippen molar-refractivity contribution in [1.82, 2.24) is 4.90 Å². The van der Waals surface area contributed by atoms with Crippen molar-refractivity contribution in [1.29, 1.82) is 0 Å². The van der Waals surface area contributed by atoms with Gasteiger partial charge in [-0.1, -0.05) is 0 Å². The van der Waals surface area contributed by atoms with Crippen LogP contribution in [0, 0.1) is 0 Å². The van der Waals surface area contributed by atoms with E-state index in [0.717, 1.165) is 0 Å². The van der Waals surface area contributed by atoms with Crippen LogP contribution >= 0.6 is 0 Å². The predicted octanol–water partition coefficient (Wildman–Crippen LogP) is -1.81. The molecule has 2 unspecified atom stereocenters. The van der Waals surface area contributed by atoms with Gasteiger partial charge in [0.05, 0.1) is 19.3 Å². The van der Waals surface area contributed by atoms with E-state index in [1.165, 1.54) is 0 Å². The molecule has 6 nitrogen and oxygen atoms in total. The summed E-state index contributed by atoms with van der Waals surface area (Å²) in [6.07, 6.45) is -2.34. The van der Waals surface area contributed by atoms with Crippen LogP contribution in [0.15, 0.2) is 0 Å². The van der Waals surface area contributed by atoms with Crippen LogP contribution in [0.4, 0.5) is 0 Å². The summed E-state index contributed by atoms with van der Waals surface area (Å²) in [4.78, 5) is 1.98. The summed E-state index contributed by atoms with van der Waals surface area (Å²) in [6.45, 7) is 0.741. The molecule has 1 aliphatic heterocycles. The summed E-state index contributed by atoms with van der Waals surface area (Å²) in [5.74, 6) is 0. The molecule has 0 saturated carbocycles. The lowest BCUT2D eigenvalue weighted by Gasteiger charge is -2.24. The molecular formula is C11H22BNO5. The SMILES string of the molecule is [B][C@@H]1O[C@H](CO)C(O)C1OC[C@@H](CN(C)C)OC. The van der Waals surface area contributed by atoms with Crippen molar-refractivity contribution in [3.8, 4) is 0 Å². The summed E-state index contributed by atoms with van der Waals surface area (Å²) in [5, 5.41) is 18.8. The molecule has 5 atom stereocenters. The topological polar surface area (TPSA) is 71.4 Å². The van der Waals surface area contributed by atoms with Gasteiger partial charge in [0.15, 0.2) is 0 Å². The van der Waals surface area contributed by atoms with Crippen molar-refractivity contribution in [2.75, 3.05) is 41.0 Å². The Morgan fingerprint density at radius 3 is 2.56 bits per heavy atom. The van der Waals surface area contributed by atoms with Crippen LogP contribution in [-0.2, 0) is 14.2 Å². The lowest BCUT2D eigenvalue weighted by Crippen LogP contribution is -2.40. The van der Waals surface area contributed by atoms with Gasteiger partial charge in [0, 0.05) is 19.7 Å². The molecule has 0 aliphatic carbocycles. The molecule has 0 aromatic carbocycles. The van der Waals surface area contributed by atoms with Gasteiger partial charge in [0.25, 0.3) is 0 Å². The van der Waals surface area contributed by atoms with E-state index in [0.29, 0.717) is 13.2 Å². The molecule has 2 N–H and O–H groups in total. The first-order chi connectivity index (χ1) is 8.49. The second kappa shape index (κ2) is 7.42. The van der Waals surface area contributed by atoms with E-state index in [9.17, 15) is 5.11 Å². The Hall–Kier alpha value is -0.175. The van der Waals surface area contributed by atoms with Crippen LogP contribution in [0.5, 0.6) is 0 Å². The third-order valence-corrected chi connectivity index (χ3v) is 2.93. The van der Waals surface area contributed by atoms with Gasteiger partial charge < -0.3 is 29.3 Å². The summed E-state index contributed by atoms with van der Waals surface area (Å²) in [5.41, 5.74) is 0. The Balaban J connectivity index is 2.42. The van der Waals surface area contributed by atoms with E-state index in [-0.39, 0.29) is 12.7 Å². The molecule has 0 amide bonds. The van der Waals surface area contributed by atoms with Gasteiger partial charge in [0.1, 0.15) is 26.2 Å². The monoisotopic (exact) mass is 259 g/mol. The average Bonchev–Trinajstić information content (AvgIpc) is 2.59. The Morgan fingerprint density at radius 2 is 2.11 bits per heavy atom. The quantitative estimate of drug-likeness (QED) is 0.525. The molecule has 1 rings (SSSR count). The molecule has 1 saturated heterocycles. The number of hydrogen-bond donors (Lipinski definition) is 2. The highest BCUT2D eigenvalue weighted by atomic mass is 16.6. The molecule has 1 heterocycles. The zero-order chi connectivity index (χ0) is 13.7. The van der Waals surface area contributed by atoms with Crippen molar-refractivity contribution in [2.45, 2.75) is 30.4 Å². The maximum absolute atomic E-state index is 9.85. The molecule has 0 bridgehead atoms. The fourth-order valence-corrected chi connectivity index (χ4v) is 1.93. The van der Waals surface area contributed by atoms with E-state index in [1.54, 1.807) is 7.11 Å². The summed E-state index contributed by atoms with van der Waals surface area (Å²) >= 11 is 0. The van der Waals surface area contributed by atoms with Gasteiger partial charge in [-0.2, -0.15) is 0 Å². The van der Waals surface area contributed by atoms with Crippen molar-refractivity contribution in [3.63, 3.8) is 0 Å². The maximum Gasteiger partial charge on any atom is 0.112 e. The normalized spacial score (nSPS) is 34.1. The third kappa shape index (κ3) is 4.19. The fourth-order valence-electron chi connectivity index (χ4n) is 1.93. The number of nitrogens with zero attached hydrogens (tertiary/aromatic N) is 1. The Labute approximate surface area is 109 Å². The highest BCUT2D eigenvalue weighted by molar-refractivity contribution is 6.11. The Bertz CT molecular complexity index is 243. The average molecular weight is 259 g/mol. The standard InChI is InChI=1S/C11H22BNO5/c1-13(2)4-7(16-3)6-17-10-9(15)8(5-14)18-11(10)12/h7-11,14-15H,4-6H2,1-3H3/t7-,8-,9?,10?,11-/m1/s1. The molecule has 2 radical (unpaired) electrons. The smallest absolute Gasteiger partial charge is 0.112 e. The largest absolute Gasteiger partial charge is 0.394 e. The molecule has 0 aromatic rings. The van der Waals surface area contributed by atoms with Gasteiger partial charge in [-0.05, 0) is 14.1 Å². The molecule has 0 spiro atoms. The molecule has 1 fully saturated rings. The predicted molar refractivity (Wildman–Crippen MR) is 66.6 cm³/mol. The maximum atomic E-state index is 9.85. The minimum absolute atomic E-state index is 0.104. The minimum Gasteiger partial charge on any atom is -0.394 e. The van der Waals surface area contributed by atoms with Gasteiger partial charge >= 0.3 is 0 Å². The fraction of sp³-hybridized carbons (Fsp3) is 1.00. The van der Waals surface area contributed by atoms with Crippen molar-refractivity contribution >= 4 is 7.85 Å². The first-order valence-corrected chi connectivity index (χ1v) is 5.98. The van der Waals surface area contributed by atoms with E-state index in [2.05, 4.69) is 0 Å². The van der Waals surface area contributed by atoms with Gasteiger partial charge in [-0.25, -0.2) is 0 Å². The van der Waals surface area contributed by atoms with Crippen molar-refractivity contribution in [3.05, 3.63) is 0 Å².